The molecule has 0 unspecified atom stereocenters. The molecule has 1 aliphatic rings. The molecule has 1 aromatic carbocycles. The summed E-state index contributed by atoms with van der Waals surface area (Å²) in [6.07, 6.45) is 3.58. The lowest BCUT2D eigenvalue weighted by molar-refractivity contribution is -0.115. The average molecular weight is 348 g/mol. The minimum atomic E-state index is -0.275. The number of carbonyl (C=O) groups excluding carboxylic acids is 1. The molecule has 2 aromatic heterocycles. The lowest BCUT2D eigenvalue weighted by atomic mass is 10.0. The predicted molar refractivity (Wildman–Crippen MR) is 93.8 cm³/mol. The number of H-pyrrole nitrogens is 1. The van der Waals surface area contributed by atoms with Gasteiger partial charge in [-0.1, -0.05) is 35.5 Å². The van der Waals surface area contributed by atoms with E-state index in [-0.39, 0.29) is 18.6 Å². The normalized spacial score (nSPS) is 16.0. The number of oxime groups is 1. The van der Waals surface area contributed by atoms with Crippen LogP contribution in [0.2, 0.25) is 0 Å². The largest absolute Gasteiger partial charge is 0.387 e. The number of amides is 1. The number of nitrogens with zero attached hydrogens (tertiary/aromatic N) is 4. The SMILES string of the molecule is O=C(NCc1nc(-c2cccnc2)n[nH]1)C1=NO[C@H](c2ccccc2)C1. The Labute approximate surface area is 149 Å². The lowest BCUT2D eigenvalue weighted by Gasteiger charge is -2.07. The highest BCUT2D eigenvalue weighted by Gasteiger charge is 2.27. The molecule has 130 valence electrons. The second-order valence-electron chi connectivity index (χ2n) is 5.78. The number of aromatic amines is 1. The number of pyridine rings is 1. The zero-order chi connectivity index (χ0) is 17.8. The molecular weight excluding hydrogens is 332 g/mol. The lowest BCUT2D eigenvalue weighted by Crippen LogP contribution is -2.30. The van der Waals surface area contributed by atoms with Gasteiger partial charge in [0.25, 0.3) is 5.91 Å². The maximum absolute atomic E-state index is 12.3. The Hall–Kier alpha value is -3.55. The van der Waals surface area contributed by atoms with E-state index in [2.05, 4.69) is 30.6 Å². The maximum atomic E-state index is 12.3. The van der Waals surface area contributed by atoms with E-state index in [4.69, 9.17) is 4.84 Å². The number of benzene rings is 1. The smallest absolute Gasteiger partial charge is 0.269 e. The van der Waals surface area contributed by atoms with Crippen LogP contribution in [-0.4, -0.2) is 31.8 Å². The topological polar surface area (TPSA) is 105 Å². The van der Waals surface area contributed by atoms with E-state index in [0.29, 0.717) is 23.8 Å². The number of nitrogens with one attached hydrogen (secondary N) is 2. The zero-order valence-electron chi connectivity index (χ0n) is 13.8. The summed E-state index contributed by atoms with van der Waals surface area (Å²) in [5.74, 6) is 0.812. The summed E-state index contributed by atoms with van der Waals surface area (Å²) in [5, 5.41) is 13.6. The molecule has 3 heterocycles. The standard InChI is InChI=1S/C18H16N6O2/c25-18(14-9-15(26-24-14)12-5-2-1-3-6-12)20-11-16-21-17(23-22-16)13-7-4-8-19-10-13/h1-8,10,15H,9,11H2,(H,20,25)(H,21,22,23)/t15-/m0/s1. The van der Waals surface area contributed by atoms with Crippen LogP contribution in [0.3, 0.4) is 0 Å². The first-order valence-electron chi connectivity index (χ1n) is 8.17. The van der Waals surface area contributed by atoms with Gasteiger partial charge in [-0.2, -0.15) is 5.10 Å². The van der Waals surface area contributed by atoms with Gasteiger partial charge < -0.3 is 10.2 Å². The van der Waals surface area contributed by atoms with E-state index in [1.807, 2.05) is 42.5 Å². The van der Waals surface area contributed by atoms with Crippen LogP contribution in [0, 0.1) is 0 Å². The molecule has 0 spiro atoms. The first-order valence-corrected chi connectivity index (χ1v) is 8.17. The second kappa shape index (κ2) is 7.14. The highest BCUT2D eigenvalue weighted by molar-refractivity contribution is 6.39. The van der Waals surface area contributed by atoms with Crippen molar-refractivity contribution in [3.63, 3.8) is 0 Å². The summed E-state index contributed by atoms with van der Waals surface area (Å²) in [6, 6.07) is 13.4. The Bertz CT molecular complexity index is 923. The number of carbonyl (C=O) groups is 1. The van der Waals surface area contributed by atoms with Gasteiger partial charge >= 0.3 is 0 Å². The molecule has 8 nitrogen and oxygen atoms in total. The maximum Gasteiger partial charge on any atom is 0.269 e. The van der Waals surface area contributed by atoms with Gasteiger partial charge in [-0.25, -0.2) is 4.98 Å². The number of aromatic nitrogens is 4. The van der Waals surface area contributed by atoms with Crippen molar-refractivity contribution in [2.45, 2.75) is 19.1 Å². The predicted octanol–water partition coefficient (Wildman–Crippen LogP) is 2.00. The number of rotatable bonds is 5. The Balaban J connectivity index is 1.33. The molecule has 26 heavy (non-hydrogen) atoms. The Morgan fingerprint density at radius 1 is 1.23 bits per heavy atom. The van der Waals surface area contributed by atoms with Gasteiger partial charge in [0.2, 0.25) is 0 Å². The van der Waals surface area contributed by atoms with Gasteiger partial charge in [0.05, 0.1) is 6.54 Å². The van der Waals surface area contributed by atoms with Crippen LogP contribution in [0.15, 0.2) is 60.0 Å². The number of hydrogen-bond acceptors (Lipinski definition) is 6. The van der Waals surface area contributed by atoms with Crippen molar-refractivity contribution < 1.29 is 9.63 Å². The Morgan fingerprint density at radius 3 is 2.92 bits per heavy atom. The summed E-state index contributed by atoms with van der Waals surface area (Å²) >= 11 is 0. The van der Waals surface area contributed by atoms with E-state index < -0.39 is 0 Å². The fourth-order valence-corrected chi connectivity index (χ4v) is 2.62. The van der Waals surface area contributed by atoms with E-state index in [0.717, 1.165) is 11.1 Å². The molecule has 0 saturated carbocycles. The van der Waals surface area contributed by atoms with Crippen molar-refractivity contribution in [2.75, 3.05) is 0 Å². The van der Waals surface area contributed by atoms with Gasteiger partial charge in [-0.3, -0.25) is 14.9 Å². The molecule has 2 N–H and O–H groups in total. The third kappa shape index (κ3) is 3.44. The van der Waals surface area contributed by atoms with E-state index in [9.17, 15) is 4.79 Å². The van der Waals surface area contributed by atoms with Gasteiger partial charge in [0.1, 0.15) is 11.5 Å². The molecule has 0 radical (unpaired) electrons. The van der Waals surface area contributed by atoms with Crippen molar-refractivity contribution in [2.24, 2.45) is 5.16 Å². The third-order valence-electron chi connectivity index (χ3n) is 3.97. The first-order chi connectivity index (χ1) is 12.8. The van der Waals surface area contributed by atoms with Crippen LogP contribution in [-0.2, 0) is 16.2 Å². The molecular formula is C18H16N6O2. The second-order valence-corrected chi connectivity index (χ2v) is 5.78. The minimum absolute atomic E-state index is 0.223. The highest BCUT2D eigenvalue weighted by Crippen LogP contribution is 2.26. The van der Waals surface area contributed by atoms with Crippen LogP contribution < -0.4 is 5.32 Å². The summed E-state index contributed by atoms with van der Waals surface area (Å²) in [5.41, 5.74) is 2.17. The Morgan fingerprint density at radius 2 is 2.12 bits per heavy atom. The fraction of sp³-hybridized carbons (Fsp3) is 0.167. The van der Waals surface area contributed by atoms with Crippen LogP contribution in [0.1, 0.15) is 23.9 Å². The van der Waals surface area contributed by atoms with Crippen molar-refractivity contribution in [1.82, 2.24) is 25.5 Å². The fourth-order valence-electron chi connectivity index (χ4n) is 2.62. The van der Waals surface area contributed by atoms with Crippen molar-refractivity contribution in [3.8, 4) is 11.4 Å². The summed E-state index contributed by atoms with van der Waals surface area (Å²) < 4.78 is 0. The highest BCUT2D eigenvalue weighted by atomic mass is 16.6. The van der Waals surface area contributed by atoms with Crippen molar-refractivity contribution in [1.29, 1.82) is 0 Å². The van der Waals surface area contributed by atoms with Crippen LogP contribution in [0.5, 0.6) is 0 Å². The van der Waals surface area contributed by atoms with Gasteiger partial charge in [-0.05, 0) is 17.7 Å². The van der Waals surface area contributed by atoms with E-state index in [1.54, 1.807) is 12.4 Å². The average Bonchev–Trinajstić information content (AvgIpc) is 3.37. The summed E-state index contributed by atoms with van der Waals surface area (Å²) in [7, 11) is 0. The van der Waals surface area contributed by atoms with Crippen LogP contribution in [0.4, 0.5) is 0 Å². The molecule has 4 rings (SSSR count). The van der Waals surface area contributed by atoms with Crippen LogP contribution >= 0.6 is 0 Å². The van der Waals surface area contributed by atoms with Crippen molar-refractivity contribution >= 4 is 11.6 Å². The quantitative estimate of drug-likeness (QED) is 0.734. The first kappa shape index (κ1) is 15.9. The molecule has 1 aliphatic heterocycles. The van der Waals surface area contributed by atoms with E-state index >= 15 is 0 Å². The molecule has 1 atom stereocenters. The molecule has 0 saturated heterocycles. The summed E-state index contributed by atoms with van der Waals surface area (Å²) in [4.78, 5) is 26.0. The zero-order valence-corrected chi connectivity index (χ0v) is 13.8. The monoisotopic (exact) mass is 348 g/mol. The molecule has 8 heteroatoms. The van der Waals surface area contributed by atoms with E-state index in [1.165, 1.54) is 0 Å². The number of hydrogen-bond donors (Lipinski definition) is 2. The minimum Gasteiger partial charge on any atom is -0.387 e. The van der Waals surface area contributed by atoms with Gasteiger partial charge in [0.15, 0.2) is 11.9 Å². The summed E-state index contributed by atoms with van der Waals surface area (Å²) in [6.45, 7) is 0.223. The Kier molecular flexibility index (Phi) is 4.38. The molecule has 0 bridgehead atoms. The van der Waals surface area contributed by atoms with Crippen molar-refractivity contribution in [3.05, 3.63) is 66.2 Å². The molecule has 0 fully saturated rings. The van der Waals surface area contributed by atoms with Gasteiger partial charge in [0, 0.05) is 24.4 Å². The molecule has 0 aliphatic carbocycles. The third-order valence-corrected chi connectivity index (χ3v) is 3.97. The van der Waals surface area contributed by atoms with Gasteiger partial charge in [-0.15, -0.1) is 0 Å². The molecule has 1 amide bonds. The molecule has 3 aromatic rings. The van der Waals surface area contributed by atoms with Crippen LogP contribution in [0.25, 0.3) is 11.4 Å².